The minimum atomic E-state index is -0.631. The summed E-state index contributed by atoms with van der Waals surface area (Å²) < 4.78 is 19.1. The van der Waals surface area contributed by atoms with Crippen molar-refractivity contribution in [3.63, 3.8) is 0 Å². The van der Waals surface area contributed by atoms with Crippen molar-refractivity contribution in [2.75, 3.05) is 16.8 Å². The number of anilines is 2. The summed E-state index contributed by atoms with van der Waals surface area (Å²) in [5.41, 5.74) is 0.881. The van der Waals surface area contributed by atoms with Crippen LogP contribution in [0.3, 0.4) is 0 Å². The molecule has 1 saturated heterocycles. The van der Waals surface area contributed by atoms with Crippen LogP contribution < -0.4 is 20.3 Å². The number of amides is 3. The number of nitrogens with zero attached hydrogens (tertiary/aromatic N) is 1. The van der Waals surface area contributed by atoms with Gasteiger partial charge in [0.1, 0.15) is 17.1 Å². The molecule has 3 aromatic rings. The van der Waals surface area contributed by atoms with Crippen LogP contribution >= 0.6 is 23.8 Å². The summed E-state index contributed by atoms with van der Waals surface area (Å²) in [6.45, 7) is -0.404. The molecule has 3 aromatic carbocycles. The van der Waals surface area contributed by atoms with E-state index in [-0.39, 0.29) is 27.1 Å². The fourth-order valence-electron chi connectivity index (χ4n) is 3.25. The second kappa shape index (κ2) is 10.5. The lowest BCUT2D eigenvalue weighted by molar-refractivity contribution is -0.122. The summed E-state index contributed by atoms with van der Waals surface area (Å²) in [5, 5.41) is 5.05. The molecule has 0 aromatic heterocycles. The van der Waals surface area contributed by atoms with Gasteiger partial charge in [-0.25, -0.2) is 4.39 Å². The Morgan fingerprint density at radius 1 is 1.09 bits per heavy atom. The molecule has 176 valence electrons. The minimum Gasteiger partial charge on any atom is -0.482 e. The smallest absolute Gasteiger partial charge is 0.270 e. The molecule has 0 radical (unpaired) electrons. The van der Waals surface area contributed by atoms with Gasteiger partial charge in [-0.3, -0.25) is 24.6 Å². The largest absolute Gasteiger partial charge is 0.482 e. The van der Waals surface area contributed by atoms with Crippen molar-refractivity contribution in [2.45, 2.75) is 0 Å². The van der Waals surface area contributed by atoms with Gasteiger partial charge < -0.3 is 10.1 Å². The molecule has 3 amide bonds. The molecule has 1 aliphatic rings. The average molecular weight is 510 g/mol. The van der Waals surface area contributed by atoms with E-state index < -0.39 is 30.1 Å². The van der Waals surface area contributed by atoms with E-state index in [0.717, 1.165) is 0 Å². The second-order valence-corrected chi connectivity index (χ2v) is 8.09. The van der Waals surface area contributed by atoms with Crippen molar-refractivity contribution < 1.29 is 23.5 Å². The molecule has 1 aliphatic heterocycles. The Bertz CT molecular complexity index is 1360. The number of thiocarbonyl (C=S) groups is 1. The molecule has 1 heterocycles. The van der Waals surface area contributed by atoms with Crippen LogP contribution in [0, 0.1) is 5.82 Å². The number of para-hydroxylation sites is 2. The molecule has 0 unspecified atom stereocenters. The Morgan fingerprint density at radius 2 is 1.80 bits per heavy atom. The molecule has 0 spiro atoms. The van der Waals surface area contributed by atoms with Gasteiger partial charge >= 0.3 is 0 Å². The van der Waals surface area contributed by atoms with Gasteiger partial charge in [-0.1, -0.05) is 48.0 Å². The van der Waals surface area contributed by atoms with Gasteiger partial charge in [-0.15, -0.1) is 0 Å². The molecule has 0 bridgehead atoms. The Morgan fingerprint density at radius 3 is 2.51 bits per heavy atom. The van der Waals surface area contributed by atoms with Gasteiger partial charge in [0.15, 0.2) is 11.7 Å². The quantitative estimate of drug-likeness (QED) is 0.293. The van der Waals surface area contributed by atoms with E-state index in [4.69, 9.17) is 28.6 Å². The fraction of sp³-hybridized carbons (Fsp3) is 0.0400. The Hall–Kier alpha value is -4.08. The van der Waals surface area contributed by atoms with Gasteiger partial charge in [0.05, 0.1) is 16.4 Å². The summed E-state index contributed by atoms with van der Waals surface area (Å²) in [4.78, 5) is 38.8. The van der Waals surface area contributed by atoms with Crippen LogP contribution in [0.25, 0.3) is 6.08 Å². The molecule has 1 fully saturated rings. The van der Waals surface area contributed by atoms with E-state index in [1.165, 1.54) is 41.3 Å². The molecule has 0 atom stereocenters. The van der Waals surface area contributed by atoms with Gasteiger partial charge in [0.25, 0.3) is 17.7 Å². The van der Waals surface area contributed by atoms with Crippen LogP contribution in [0.4, 0.5) is 15.8 Å². The van der Waals surface area contributed by atoms with E-state index in [2.05, 4.69) is 10.6 Å². The second-order valence-electron chi connectivity index (χ2n) is 7.30. The van der Waals surface area contributed by atoms with Gasteiger partial charge in [-0.05, 0) is 60.3 Å². The lowest BCUT2D eigenvalue weighted by Gasteiger charge is -2.28. The topological polar surface area (TPSA) is 87.7 Å². The maximum absolute atomic E-state index is 13.7. The number of benzene rings is 3. The van der Waals surface area contributed by atoms with Crippen LogP contribution in [-0.4, -0.2) is 29.4 Å². The van der Waals surface area contributed by atoms with E-state index in [1.807, 2.05) is 0 Å². The summed E-state index contributed by atoms with van der Waals surface area (Å²) in [6, 6.07) is 19.0. The number of hydrogen-bond donors (Lipinski definition) is 2. The lowest BCUT2D eigenvalue weighted by atomic mass is 10.1. The highest BCUT2D eigenvalue weighted by atomic mass is 35.5. The molecule has 35 heavy (non-hydrogen) atoms. The molecule has 10 heteroatoms. The predicted octanol–water partition coefficient (Wildman–Crippen LogP) is 4.33. The van der Waals surface area contributed by atoms with Crippen molar-refractivity contribution in [2.24, 2.45) is 0 Å². The third kappa shape index (κ3) is 5.53. The minimum absolute atomic E-state index is 0.0150. The van der Waals surface area contributed by atoms with Crippen molar-refractivity contribution >= 4 is 64.1 Å². The highest BCUT2D eigenvalue weighted by molar-refractivity contribution is 7.80. The number of carbonyl (C=O) groups is 3. The zero-order valence-electron chi connectivity index (χ0n) is 18.0. The van der Waals surface area contributed by atoms with Gasteiger partial charge in [0, 0.05) is 0 Å². The third-order valence-corrected chi connectivity index (χ3v) is 5.47. The summed E-state index contributed by atoms with van der Waals surface area (Å²) in [5.74, 6) is -2.15. The number of rotatable bonds is 6. The monoisotopic (exact) mass is 509 g/mol. The molecular formula is C25H17ClFN3O4S. The van der Waals surface area contributed by atoms with E-state index in [9.17, 15) is 18.8 Å². The number of hydrogen-bond acceptors (Lipinski definition) is 5. The van der Waals surface area contributed by atoms with E-state index in [0.29, 0.717) is 11.3 Å². The molecule has 4 rings (SSSR count). The fourth-order valence-corrected chi connectivity index (χ4v) is 3.78. The highest BCUT2D eigenvalue weighted by Crippen LogP contribution is 2.28. The predicted molar refractivity (Wildman–Crippen MR) is 135 cm³/mol. The number of nitrogens with one attached hydrogen (secondary N) is 2. The summed E-state index contributed by atoms with van der Waals surface area (Å²) in [6.07, 6.45) is 1.38. The van der Waals surface area contributed by atoms with Crippen molar-refractivity contribution in [3.05, 3.63) is 94.8 Å². The maximum Gasteiger partial charge on any atom is 0.270 e. The third-order valence-electron chi connectivity index (χ3n) is 4.89. The normalized spacial score (nSPS) is 14.6. The summed E-state index contributed by atoms with van der Waals surface area (Å²) in [7, 11) is 0. The molecule has 7 nitrogen and oxygen atoms in total. The zero-order valence-corrected chi connectivity index (χ0v) is 19.5. The Labute approximate surface area is 210 Å². The van der Waals surface area contributed by atoms with Crippen LogP contribution in [-0.2, 0) is 14.4 Å². The molecular weight excluding hydrogens is 493 g/mol. The first-order valence-corrected chi connectivity index (χ1v) is 11.1. The van der Waals surface area contributed by atoms with E-state index >= 15 is 0 Å². The molecule has 0 saturated carbocycles. The SMILES string of the molecule is O=C(COc1ccc(/C=C2/C(=O)NC(=S)N(c3ccccc3)C2=O)cc1Cl)Nc1ccccc1F. The van der Waals surface area contributed by atoms with Gasteiger partial charge in [0.2, 0.25) is 0 Å². The first-order chi connectivity index (χ1) is 16.8. The van der Waals surface area contributed by atoms with Gasteiger partial charge in [-0.2, -0.15) is 0 Å². The number of halogens is 2. The van der Waals surface area contributed by atoms with Crippen LogP contribution in [0.15, 0.2) is 78.4 Å². The average Bonchev–Trinajstić information content (AvgIpc) is 2.83. The number of ether oxygens (including phenoxy) is 1. The standard InChI is InChI=1S/C25H17ClFN3O4S/c26-18-13-15(10-11-21(18)34-14-22(31)28-20-9-5-4-8-19(20)27)12-17-23(32)29-25(35)30(24(17)33)16-6-2-1-3-7-16/h1-13H,14H2,(H,28,31)(H,29,32,35)/b17-12-. The van der Waals surface area contributed by atoms with Crippen molar-refractivity contribution in [1.82, 2.24) is 5.32 Å². The zero-order chi connectivity index (χ0) is 24.9. The maximum atomic E-state index is 13.7. The summed E-state index contributed by atoms with van der Waals surface area (Å²) >= 11 is 11.4. The number of carbonyl (C=O) groups excluding carboxylic acids is 3. The Kier molecular flexibility index (Phi) is 7.19. The first kappa shape index (κ1) is 24.1. The van der Waals surface area contributed by atoms with E-state index in [1.54, 1.807) is 42.5 Å². The highest BCUT2D eigenvalue weighted by Gasteiger charge is 2.34. The molecule has 2 N–H and O–H groups in total. The van der Waals surface area contributed by atoms with Crippen LogP contribution in [0.5, 0.6) is 5.75 Å². The van der Waals surface area contributed by atoms with Crippen LogP contribution in [0.1, 0.15) is 5.56 Å². The van der Waals surface area contributed by atoms with Crippen molar-refractivity contribution in [3.8, 4) is 5.75 Å². The first-order valence-electron chi connectivity index (χ1n) is 10.3. The lowest BCUT2D eigenvalue weighted by Crippen LogP contribution is -2.54. The van der Waals surface area contributed by atoms with Crippen molar-refractivity contribution in [1.29, 1.82) is 0 Å². The Balaban J connectivity index is 1.47. The van der Waals surface area contributed by atoms with Crippen LogP contribution in [0.2, 0.25) is 5.02 Å². The molecule has 0 aliphatic carbocycles.